The maximum atomic E-state index is 12.8. The first-order valence-electron chi connectivity index (χ1n) is 7.76. The Morgan fingerprint density at radius 1 is 1.08 bits per heavy atom. The van der Waals surface area contributed by atoms with Gasteiger partial charge in [-0.3, -0.25) is 9.10 Å². The molecule has 0 aliphatic rings. The van der Waals surface area contributed by atoms with Crippen LogP contribution in [0.3, 0.4) is 0 Å². The van der Waals surface area contributed by atoms with Crippen LogP contribution in [0.5, 0.6) is 0 Å². The molecule has 1 heterocycles. The van der Waals surface area contributed by atoms with Crippen molar-refractivity contribution in [3.05, 3.63) is 72.1 Å². The van der Waals surface area contributed by atoms with Crippen LogP contribution in [0, 0.1) is 6.92 Å². The molecule has 8 heteroatoms. The normalized spacial score (nSPS) is 11.2. The van der Waals surface area contributed by atoms with E-state index in [1.54, 1.807) is 43.3 Å². The summed E-state index contributed by atoms with van der Waals surface area (Å²) in [6.07, 6.45) is 0. The second kappa shape index (κ2) is 7.01. The van der Waals surface area contributed by atoms with Gasteiger partial charge in [-0.15, -0.1) is 0 Å². The third-order valence-electron chi connectivity index (χ3n) is 3.72. The van der Waals surface area contributed by atoms with Gasteiger partial charge in [0, 0.05) is 18.8 Å². The van der Waals surface area contributed by atoms with Crippen molar-refractivity contribution in [2.75, 3.05) is 16.7 Å². The molecule has 3 rings (SSSR count). The Labute approximate surface area is 151 Å². The summed E-state index contributed by atoms with van der Waals surface area (Å²) in [6.45, 7) is 1.70. The lowest BCUT2D eigenvalue weighted by atomic mass is 10.3. The Morgan fingerprint density at radius 2 is 1.81 bits per heavy atom. The summed E-state index contributed by atoms with van der Waals surface area (Å²) < 4.78 is 31.7. The van der Waals surface area contributed by atoms with Crippen LogP contribution < -0.4 is 9.62 Å². The van der Waals surface area contributed by atoms with Crippen molar-refractivity contribution in [3.63, 3.8) is 0 Å². The zero-order chi connectivity index (χ0) is 18.7. The van der Waals surface area contributed by atoms with Crippen LogP contribution in [0.1, 0.15) is 16.2 Å². The van der Waals surface area contributed by atoms with Gasteiger partial charge < -0.3 is 9.84 Å². The van der Waals surface area contributed by atoms with E-state index < -0.39 is 15.9 Å². The number of amides is 1. The van der Waals surface area contributed by atoms with E-state index in [1.807, 2.05) is 6.07 Å². The number of anilines is 2. The van der Waals surface area contributed by atoms with Crippen molar-refractivity contribution < 1.29 is 17.7 Å². The van der Waals surface area contributed by atoms with E-state index in [2.05, 4.69) is 10.5 Å². The minimum atomic E-state index is -3.76. The van der Waals surface area contributed by atoms with Gasteiger partial charge in [0.1, 0.15) is 0 Å². The van der Waals surface area contributed by atoms with E-state index >= 15 is 0 Å². The Hall–Kier alpha value is -3.13. The highest BCUT2D eigenvalue weighted by molar-refractivity contribution is 7.92. The number of aromatic nitrogens is 1. The van der Waals surface area contributed by atoms with E-state index in [1.165, 1.54) is 29.6 Å². The van der Waals surface area contributed by atoms with Gasteiger partial charge in [0.15, 0.2) is 0 Å². The molecule has 0 saturated heterocycles. The number of nitrogens with zero attached hydrogens (tertiary/aromatic N) is 2. The number of rotatable bonds is 5. The average molecular weight is 371 g/mol. The molecular formula is C18H17N3O4S. The number of para-hydroxylation sites is 1. The van der Waals surface area contributed by atoms with Crippen LogP contribution >= 0.6 is 0 Å². The maximum absolute atomic E-state index is 12.8. The maximum Gasteiger partial charge on any atom is 0.294 e. The number of nitrogens with one attached hydrogen (secondary N) is 1. The van der Waals surface area contributed by atoms with Crippen molar-refractivity contribution in [3.8, 4) is 0 Å². The quantitative estimate of drug-likeness (QED) is 0.744. The molecule has 0 atom stereocenters. The molecule has 0 fully saturated rings. The van der Waals surface area contributed by atoms with Gasteiger partial charge >= 0.3 is 0 Å². The van der Waals surface area contributed by atoms with Crippen molar-refractivity contribution in [1.82, 2.24) is 5.16 Å². The fraction of sp³-hybridized carbons (Fsp3) is 0.111. The Kier molecular flexibility index (Phi) is 4.77. The second-order valence-corrected chi connectivity index (χ2v) is 7.59. The van der Waals surface area contributed by atoms with Crippen molar-refractivity contribution in [1.29, 1.82) is 0 Å². The molecule has 0 aliphatic carbocycles. The molecule has 2 aromatic carbocycles. The molecule has 1 aromatic heterocycles. The van der Waals surface area contributed by atoms with Crippen molar-refractivity contribution in [2.24, 2.45) is 0 Å². The molecule has 0 spiro atoms. The lowest BCUT2D eigenvalue weighted by Gasteiger charge is -2.19. The van der Waals surface area contributed by atoms with E-state index in [0.717, 1.165) is 0 Å². The second-order valence-electron chi connectivity index (χ2n) is 5.62. The van der Waals surface area contributed by atoms with Crippen LogP contribution in [-0.4, -0.2) is 26.5 Å². The Bertz CT molecular complexity index is 1030. The largest absolute Gasteiger partial charge is 0.351 e. The SMILES string of the molecule is Cc1cc(C(=O)Nc2cccc(S(=O)(=O)N(C)c3ccccc3)c2)on1. The first-order chi connectivity index (χ1) is 12.4. The van der Waals surface area contributed by atoms with E-state index in [9.17, 15) is 13.2 Å². The lowest BCUT2D eigenvalue weighted by Crippen LogP contribution is -2.26. The van der Waals surface area contributed by atoms with Gasteiger partial charge in [-0.1, -0.05) is 29.4 Å². The minimum absolute atomic E-state index is 0.0529. The molecule has 0 bridgehead atoms. The molecule has 0 aliphatic heterocycles. The van der Waals surface area contributed by atoms with Gasteiger partial charge in [0.05, 0.1) is 16.3 Å². The number of benzene rings is 2. The summed E-state index contributed by atoms with van der Waals surface area (Å²) in [5, 5.41) is 6.26. The van der Waals surface area contributed by atoms with Crippen LogP contribution in [0.2, 0.25) is 0 Å². The molecule has 1 amide bonds. The molecule has 0 radical (unpaired) electrons. The molecular weight excluding hydrogens is 354 g/mol. The third-order valence-corrected chi connectivity index (χ3v) is 5.50. The van der Waals surface area contributed by atoms with Crippen LogP contribution in [0.4, 0.5) is 11.4 Å². The summed E-state index contributed by atoms with van der Waals surface area (Å²) >= 11 is 0. The minimum Gasteiger partial charge on any atom is -0.351 e. The van der Waals surface area contributed by atoms with Gasteiger partial charge in [-0.25, -0.2) is 8.42 Å². The van der Waals surface area contributed by atoms with Crippen molar-refractivity contribution in [2.45, 2.75) is 11.8 Å². The van der Waals surface area contributed by atoms with E-state index in [4.69, 9.17) is 4.52 Å². The van der Waals surface area contributed by atoms with E-state index in [-0.39, 0.29) is 10.7 Å². The molecule has 26 heavy (non-hydrogen) atoms. The van der Waals surface area contributed by atoms with Crippen LogP contribution in [0.15, 0.2) is 70.1 Å². The zero-order valence-electron chi connectivity index (χ0n) is 14.2. The number of hydrogen-bond acceptors (Lipinski definition) is 5. The predicted octanol–water partition coefficient (Wildman–Crippen LogP) is 3.06. The predicted molar refractivity (Wildman–Crippen MR) is 97.7 cm³/mol. The fourth-order valence-electron chi connectivity index (χ4n) is 2.33. The van der Waals surface area contributed by atoms with E-state index in [0.29, 0.717) is 17.1 Å². The Balaban J connectivity index is 1.85. The number of aryl methyl sites for hydroxylation is 1. The third kappa shape index (κ3) is 3.60. The monoisotopic (exact) mass is 371 g/mol. The fourth-order valence-corrected chi connectivity index (χ4v) is 3.57. The van der Waals surface area contributed by atoms with Gasteiger partial charge in [0.25, 0.3) is 15.9 Å². The van der Waals surface area contributed by atoms with Gasteiger partial charge in [0.2, 0.25) is 5.76 Å². The summed E-state index contributed by atoms with van der Waals surface area (Å²) in [7, 11) is -2.29. The van der Waals surface area contributed by atoms with Crippen molar-refractivity contribution >= 4 is 27.3 Å². The summed E-state index contributed by atoms with van der Waals surface area (Å²) in [5.74, 6) is -0.450. The molecule has 3 aromatic rings. The standard InChI is InChI=1S/C18H17N3O4S/c1-13-11-17(25-20-13)18(22)19-14-7-6-10-16(12-14)26(23,24)21(2)15-8-4-3-5-9-15/h3-12H,1-2H3,(H,19,22). The summed E-state index contributed by atoms with van der Waals surface area (Å²) in [5.41, 5.74) is 1.46. The molecule has 0 saturated carbocycles. The number of sulfonamides is 1. The zero-order valence-corrected chi connectivity index (χ0v) is 15.0. The molecule has 0 unspecified atom stereocenters. The molecule has 1 N–H and O–H groups in total. The first kappa shape index (κ1) is 17.7. The lowest BCUT2D eigenvalue weighted by molar-refractivity contribution is 0.0988. The van der Waals surface area contributed by atoms with Crippen LogP contribution in [-0.2, 0) is 10.0 Å². The van der Waals surface area contributed by atoms with Gasteiger partial charge in [-0.2, -0.15) is 0 Å². The topological polar surface area (TPSA) is 92.5 Å². The number of carbonyl (C=O) groups excluding carboxylic acids is 1. The summed E-state index contributed by atoms with van der Waals surface area (Å²) in [4.78, 5) is 12.2. The highest BCUT2D eigenvalue weighted by atomic mass is 32.2. The number of carbonyl (C=O) groups is 1. The molecule has 134 valence electrons. The van der Waals surface area contributed by atoms with Gasteiger partial charge in [-0.05, 0) is 37.3 Å². The Morgan fingerprint density at radius 3 is 2.46 bits per heavy atom. The smallest absolute Gasteiger partial charge is 0.294 e. The molecule has 7 nitrogen and oxygen atoms in total. The highest BCUT2D eigenvalue weighted by Crippen LogP contribution is 2.24. The number of hydrogen-bond donors (Lipinski definition) is 1. The first-order valence-corrected chi connectivity index (χ1v) is 9.20. The highest BCUT2D eigenvalue weighted by Gasteiger charge is 2.22. The average Bonchev–Trinajstić information content (AvgIpc) is 3.08. The summed E-state index contributed by atoms with van der Waals surface area (Å²) in [6, 6.07) is 16.3. The van der Waals surface area contributed by atoms with Crippen LogP contribution in [0.25, 0.3) is 0 Å².